The summed E-state index contributed by atoms with van der Waals surface area (Å²) in [6.07, 6.45) is 3.71. The summed E-state index contributed by atoms with van der Waals surface area (Å²) in [4.78, 5) is 9.54. The molecule has 7 aromatic rings. The second kappa shape index (κ2) is 10.7. The van der Waals surface area contributed by atoms with Gasteiger partial charge in [0.05, 0.1) is 16.7 Å². The minimum absolute atomic E-state index is 0.327. The first-order chi connectivity index (χ1) is 20.5. The van der Waals surface area contributed by atoms with Crippen LogP contribution in [-0.2, 0) is 0 Å². The van der Waals surface area contributed by atoms with Crippen molar-refractivity contribution >= 4 is 32.5 Å². The lowest BCUT2D eigenvalue weighted by atomic mass is 9.88. The van der Waals surface area contributed by atoms with E-state index in [0.717, 1.165) is 16.9 Å². The van der Waals surface area contributed by atoms with E-state index in [-0.39, 0.29) is 0 Å². The first-order valence-corrected chi connectivity index (χ1v) is 15.5. The molecule has 0 bridgehead atoms. The van der Waals surface area contributed by atoms with Crippen LogP contribution < -0.4 is 0 Å². The van der Waals surface area contributed by atoms with Gasteiger partial charge in [0.1, 0.15) is 5.82 Å². The van der Waals surface area contributed by atoms with E-state index in [1.807, 2.05) is 12.4 Å². The lowest BCUT2D eigenvalue weighted by Crippen LogP contribution is -2.09. The molecule has 3 nitrogen and oxygen atoms in total. The molecule has 0 N–H and O–H groups in total. The number of benzene rings is 4. The van der Waals surface area contributed by atoms with E-state index >= 15 is 0 Å². The summed E-state index contributed by atoms with van der Waals surface area (Å²) in [5, 5.41) is 3.50. The summed E-state index contributed by atoms with van der Waals surface area (Å²) in [7, 11) is 0. The van der Waals surface area contributed by atoms with Crippen LogP contribution in [0, 0.1) is 0 Å². The molecular weight excluding hydrogens is 531 g/mol. The zero-order valence-corrected chi connectivity index (χ0v) is 25.2. The number of imidazole rings is 1. The molecule has 4 heteroatoms. The van der Waals surface area contributed by atoms with Crippen molar-refractivity contribution in [3.63, 3.8) is 0 Å². The summed E-state index contributed by atoms with van der Waals surface area (Å²) >= 11 is 1.78. The van der Waals surface area contributed by atoms with Gasteiger partial charge in [-0.3, -0.25) is 9.55 Å². The standard InChI is InChI=1S/C38H33N3S/c1-24(2)30-21-29(26-10-6-5-7-11-26)22-31(25(3)4)37(30)41-35-13-9-8-12-34(35)40-38(41)33-23-42-36-15-14-28(20-32(33)36)27-16-18-39-19-17-27/h5-25H,1-4H3. The normalized spacial score (nSPS) is 11.8. The van der Waals surface area contributed by atoms with E-state index in [4.69, 9.17) is 4.98 Å². The van der Waals surface area contributed by atoms with Crippen molar-refractivity contribution in [3.05, 3.63) is 126 Å². The zero-order valence-electron chi connectivity index (χ0n) is 24.4. The largest absolute Gasteiger partial charge is 0.292 e. The Morgan fingerprint density at radius 3 is 2.02 bits per heavy atom. The van der Waals surface area contributed by atoms with E-state index in [1.165, 1.54) is 54.7 Å². The van der Waals surface area contributed by atoms with Gasteiger partial charge in [-0.2, -0.15) is 0 Å². The van der Waals surface area contributed by atoms with Gasteiger partial charge in [-0.25, -0.2) is 4.98 Å². The molecule has 0 aliphatic carbocycles. The number of hydrogen-bond donors (Lipinski definition) is 0. The highest BCUT2D eigenvalue weighted by molar-refractivity contribution is 7.17. The molecule has 0 aliphatic heterocycles. The number of hydrogen-bond acceptors (Lipinski definition) is 3. The van der Waals surface area contributed by atoms with Crippen LogP contribution >= 0.6 is 11.3 Å². The van der Waals surface area contributed by atoms with Gasteiger partial charge in [-0.1, -0.05) is 76.2 Å². The minimum atomic E-state index is 0.327. The Kier molecular flexibility index (Phi) is 6.72. The third-order valence-corrected chi connectivity index (χ3v) is 9.10. The first kappa shape index (κ1) is 26.4. The van der Waals surface area contributed by atoms with Gasteiger partial charge in [0.15, 0.2) is 0 Å². The monoisotopic (exact) mass is 563 g/mol. The highest BCUT2D eigenvalue weighted by Gasteiger charge is 2.24. The van der Waals surface area contributed by atoms with Crippen LogP contribution in [0.1, 0.15) is 50.7 Å². The molecule has 0 atom stereocenters. The van der Waals surface area contributed by atoms with E-state index in [2.05, 4.69) is 140 Å². The molecular formula is C38H33N3S. The Balaban J connectivity index is 1.54. The molecule has 0 unspecified atom stereocenters. The number of para-hydroxylation sites is 2. The first-order valence-electron chi connectivity index (χ1n) is 14.6. The molecule has 42 heavy (non-hydrogen) atoms. The molecule has 0 radical (unpaired) electrons. The van der Waals surface area contributed by atoms with Crippen molar-refractivity contribution < 1.29 is 0 Å². The predicted octanol–water partition coefficient (Wildman–Crippen LogP) is 10.9. The Bertz CT molecular complexity index is 2000. The molecule has 0 amide bonds. The maximum atomic E-state index is 5.33. The van der Waals surface area contributed by atoms with Gasteiger partial charge < -0.3 is 0 Å². The van der Waals surface area contributed by atoms with Gasteiger partial charge in [-0.05, 0) is 93.7 Å². The highest BCUT2D eigenvalue weighted by atomic mass is 32.1. The van der Waals surface area contributed by atoms with E-state index in [9.17, 15) is 0 Å². The van der Waals surface area contributed by atoms with E-state index in [1.54, 1.807) is 11.3 Å². The second-order valence-corrected chi connectivity index (χ2v) is 12.4. The number of rotatable bonds is 6. The Hall–Kier alpha value is -4.54. The van der Waals surface area contributed by atoms with Gasteiger partial charge in [-0.15, -0.1) is 11.3 Å². The quantitative estimate of drug-likeness (QED) is 0.201. The van der Waals surface area contributed by atoms with Crippen molar-refractivity contribution in [1.29, 1.82) is 0 Å². The number of aromatic nitrogens is 3. The fourth-order valence-corrected chi connectivity index (χ4v) is 6.89. The summed E-state index contributed by atoms with van der Waals surface area (Å²) in [6.45, 7) is 9.21. The number of thiophene rings is 1. The molecule has 0 aliphatic rings. The van der Waals surface area contributed by atoms with Crippen molar-refractivity contribution in [2.45, 2.75) is 39.5 Å². The van der Waals surface area contributed by atoms with Crippen LogP contribution in [0.15, 0.2) is 115 Å². The van der Waals surface area contributed by atoms with Crippen LogP contribution in [0.2, 0.25) is 0 Å². The Morgan fingerprint density at radius 2 is 1.31 bits per heavy atom. The molecule has 4 aromatic carbocycles. The Labute approximate surface area is 251 Å². The van der Waals surface area contributed by atoms with Crippen LogP contribution in [0.3, 0.4) is 0 Å². The molecule has 3 aromatic heterocycles. The zero-order chi connectivity index (χ0) is 28.8. The molecule has 7 rings (SSSR count). The Morgan fingerprint density at radius 1 is 0.643 bits per heavy atom. The molecule has 0 saturated heterocycles. The van der Waals surface area contributed by atoms with Crippen molar-refractivity contribution in [2.75, 3.05) is 0 Å². The smallest absolute Gasteiger partial charge is 0.147 e. The van der Waals surface area contributed by atoms with E-state index < -0.39 is 0 Å². The molecule has 3 heterocycles. The molecule has 206 valence electrons. The summed E-state index contributed by atoms with van der Waals surface area (Å²) in [5.74, 6) is 1.64. The maximum absolute atomic E-state index is 5.33. The van der Waals surface area contributed by atoms with Crippen LogP contribution in [0.25, 0.3) is 60.4 Å². The molecule has 0 saturated carbocycles. The second-order valence-electron chi connectivity index (χ2n) is 11.5. The average Bonchev–Trinajstić information content (AvgIpc) is 3.62. The van der Waals surface area contributed by atoms with Crippen LogP contribution in [0.5, 0.6) is 0 Å². The van der Waals surface area contributed by atoms with Crippen molar-refractivity contribution in [3.8, 4) is 39.3 Å². The number of fused-ring (bicyclic) bond motifs is 2. The molecule has 0 spiro atoms. The van der Waals surface area contributed by atoms with Crippen molar-refractivity contribution in [2.24, 2.45) is 0 Å². The lowest BCUT2D eigenvalue weighted by Gasteiger charge is -2.24. The maximum Gasteiger partial charge on any atom is 0.147 e. The summed E-state index contributed by atoms with van der Waals surface area (Å²) in [5.41, 5.74) is 12.1. The lowest BCUT2D eigenvalue weighted by molar-refractivity contribution is 0.812. The van der Waals surface area contributed by atoms with Crippen LogP contribution in [-0.4, -0.2) is 14.5 Å². The van der Waals surface area contributed by atoms with Crippen LogP contribution in [0.4, 0.5) is 0 Å². The summed E-state index contributed by atoms with van der Waals surface area (Å²) in [6, 6.07) is 35.0. The third-order valence-electron chi connectivity index (χ3n) is 8.13. The highest BCUT2D eigenvalue weighted by Crippen LogP contribution is 2.43. The van der Waals surface area contributed by atoms with Crippen molar-refractivity contribution in [1.82, 2.24) is 14.5 Å². The van der Waals surface area contributed by atoms with Gasteiger partial charge >= 0.3 is 0 Å². The number of nitrogens with zero attached hydrogens (tertiary/aromatic N) is 3. The van der Waals surface area contributed by atoms with E-state index in [0.29, 0.717) is 11.8 Å². The third kappa shape index (κ3) is 4.53. The molecule has 0 fully saturated rings. The summed E-state index contributed by atoms with van der Waals surface area (Å²) < 4.78 is 3.70. The topological polar surface area (TPSA) is 30.7 Å². The SMILES string of the molecule is CC(C)c1cc(-c2ccccc2)cc(C(C)C)c1-n1c(-c2csc3ccc(-c4ccncc4)cc23)nc2ccccc21. The fourth-order valence-electron chi connectivity index (χ4n) is 5.98. The van der Waals surface area contributed by atoms with Gasteiger partial charge in [0, 0.05) is 33.4 Å². The fraction of sp³-hybridized carbons (Fsp3) is 0.158. The number of pyridine rings is 1. The predicted molar refractivity (Wildman–Crippen MR) is 179 cm³/mol. The minimum Gasteiger partial charge on any atom is -0.292 e. The van der Waals surface area contributed by atoms with Gasteiger partial charge in [0.2, 0.25) is 0 Å². The van der Waals surface area contributed by atoms with Gasteiger partial charge in [0.25, 0.3) is 0 Å². The average molecular weight is 564 g/mol.